The summed E-state index contributed by atoms with van der Waals surface area (Å²) in [5.41, 5.74) is 0.824. The van der Waals surface area contributed by atoms with Gasteiger partial charge in [0.2, 0.25) is 0 Å². The van der Waals surface area contributed by atoms with Crippen LogP contribution in [0.4, 0.5) is 0 Å². The number of amides is 1. The second-order valence-corrected chi connectivity index (χ2v) is 7.52. The Morgan fingerprint density at radius 1 is 1.41 bits per heavy atom. The van der Waals surface area contributed by atoms with Crippen molar-refractivity contribution in [3.8, 4) is 9.88 Å². The number of nitrogens with zero attached hydrogens (tertiary/aromatic N) is 2. The quantitative estimate of drug-likeness (QED) is 0.823. The van der Waals surface area contributed by atoms with Gasteiger partial charge in [0.1, 0.15) is 9.88 Å². The van der Waals surface area contributed by atoms with E-state index in [0.717, 1.165) is 40.0 Å². The number of thiophene rings is 1. The molecule has 2 aromatic heterocycles. The summed E-state index contributed by atoms with van der Waals surface area (Å²) in [7, 11) is 0. The summed E-state index contributed by atoms with van der Waals surface area (Å²) in [6.45, 7) is 6.16. The van der Waals surface area contributed by atoms with E-state index in [9.17, 15) is 4.79 Å². The largest absolute Gasteiger partial charge is 0.351 e. The number of nitrogens with one attached hydrogen (secondary N) is 1. The molecule has 2 aromatic rings. The van der Waals surface area contributed by atoms with Crippen LogP contribution in [0.1, 0.15) is 34.6 Å². The van der Waals surface area contributed by atoms with E-state index in [1.54, 1.807) is 11.3 Å². The van der Waals surface area contributed by atoms with Gasteiger partial charge in [0.05, 0.1) is 10.6 Å². The highest BCUT2D eigenvalue weighted by molar-refractivity contribution is 7.22. The maximum absolute atomic E-state index is 12.3. The Morgan fingerprint density at radius 3 is 2.95 bits per heavy atom. The lowest BCUT2D eigenvalue weighted by Gasteiger charge is -2.14. The zero-order chi connectivity index (χ0) is 15.4. The summed E-state index contributed by atoms with van der Waals surface area (Å²) in [4.78, 5) is 21.2. The molecule has 1 aliphatic rings. The van der Waals surface area contributed by atoms with Crippen LogP contribution in [0.5, 0.6) is 0 Å². The third-order valence-corrected chi connectivity index (χ3v) is 6.07. The molecule has 1 fully saturated rings. The molecular formula is C16H21N3OS2. The molecule has 1 aliphatic heterocycles. The molecule has 4 nitrogen and oxygen atoms in total. The molecule has 0 radical (unpaired) electrons. The van der Waals surface area contributed by atoms with Crippen molar-refractivity contribution in [2.75, 3.05) is 26.2 Å². The SMILES string of the molecule is Cc1nc(-c2cccs2)sc1C(=O)NCCCN1CCCC1. The molecule has 0 unspecified atom stereocenters. The van der Waals surface area contributed by atoms with E-state index >= 15 is 0 Å². The van der Waals surface area contributed by atoms with E-state index in [1.165, 1.54) is 37.3 Å². The van der Waals surface area contributed by atoms with Crippen LogP contribution in [0.3, 0.4) is 0 Å². The van der Waals surface area contributed by atoms with E-state index in [4.69, 9.17) is 0 Å². The van der Waals surface area contributed by atoms with E-state index in [0.29, 0.717) is 0 Å². The third-order valence-electron chi connectivity index (χ3n) is 3.87. The van der Waals surface area contributed by atoms with Crippen LogP contribution in [0, 0.1) is 6.92 Å². The van der Waals surface area contributed by atoms with Gasteiger partial charge in [-0.25, -0.2) is 4.98 Å². The molecule has 0 bridgehead atoms. The highest BCUT2D eigenvalue weighted by Gasteiger charge is 2.16. The lowest BCUT2D eigenvalue weighted by molar-refractivity contribution is 0.0955. The maximum Gasteiger partial charge on any atom is 0.263 e. The van der Waals surface area contributed by atoms with E-state index < -0.39 is 0 Å². The molecule has 0 atom stereocenters. The number of carbonyl (C=O) groups excluding carboxylic acids is 1. The summed E-state index contributed by atoms with van der Waals surface area (Å²) in [5, 5.41) is 6.00. The van der Waals surface area contributed by atoms with Gasteiger partial charge in [-0.3, -0.25) is 4.79 Å². The molecule has 6 heteroatoms. The minimum absolute atomic E-state index is 0.0132. The highest BCUT2D eigenvalue weighted by atomic mass is 32.1. The van der Waals surface area contributed by atoms with Crippen molar-refractivity contribution in [1.82, 2.24) is 15.2 Å². The first-order valence-electron chi connectivity index (χ1n) is 7.76. The summed E-state index contributed by atoms with van der Waals surface area (Å²) in [5.74, 6) is 0.0132. The van der Waals surface area contributed by atoms with Crippen molar-refractivity contribution in [3.63, 3.8) is 0 Å². The predicted molar refractivity (Wildman–Crippen MR) is 92.8 cm³/mol. The first-order chi connectivity index (χ1) is 10.7. The average molecular weight is 335 g/mol. The fraction of sp³-hybridized carbons (Fsp3) is 0.500. The topological polar surface area (TPSA) is 45.2 Å². The molecule has 118 valence electrons. The number of rotatable bonds is 6. The van der Waals surface area contributed by atoms with Gasteiger partial charge in [0.15, 0.2) is 0 Å². The average Bonchev–Trinajstić information content (AvgIpc) is 3.24. The van der Waals surface area contributed by atoms with E-state index in [1.807, 2.05) is 24.4 Å². The van der Waals surface area contributed by atoms with Crippen molar-refractivity contribution >= 4 is 28.6 Å². The minimum atomic E-state index is 0.0132. The molecule has 0 aromatic carbocycles. The summed E-state index contributed by atoms with van der Waals surface area (Å²) < 4.78 is 0. The number of hydrogen-bond donors (Lipinski definition) is 1. The molecule has 3 heterocycles. The van der Waals surface area contributed by atoms with Gasteiger partial charge in [-0.2, -0.15) is 0 Å². The van der Waals surface area contributed by atoms with Gasteiger partial charge in [-0.05, 0) is 57.3 Å². The van der Waals surface area contributed by atoms with Crippen LogP contribution in [-0.4, -0.2) is 42.0 Å². The second-order valence-electron chi connectivity index (χ2n) is 5.57. The molecule has 22 heavy (non-hydrogen) atoms. The number of carbonyl (C=O) groups is 1. The number of aromatic nitrogens is 1. The number of thiazole rings is 1. The molecule has 1 N–H and O–H groups in total. The van der Waals surface area contributed by atoms with Gasteiger partial charge < -0.3 is 10.2 Å². The van der Waals surface area contributed by atoms with Gasteiger partial charge in [0.25, 0.3) is 5.91 Å². The number of hydrogen-bond acceptors (Lipinski definition) is 5. The van der Waals surface area contributed by atoms with Crippen molar-refractivity contribution in [2.45, 2.75) is 26.2 Å². The normalized spacial score (nSPS) is 15.3. The zero-order valence-corrected chi connectivity index (χ0v) is 14.4. The third kappa shape index (κ3) is 3.74. The summed E-state index contributed by atoms with van der Waals surface area (Å²) in [6.07, 6.45) is 3.65. The zero-order valence-electron chi connectivity index (χ0n) is 12.8. The van der Waals surface area contributed by atoms with Crippen molar-refractivity contribution in [2.24, 2.45) is 0 Å². The highest BCUT2D eigenvalue weighted by Crippen LogP contribution is 2.30. The van der Waals surface area contributed by atoms with E-state index in [-0.39, 0.29) is 5.91 Å². The Hall–Kier alpha value is -1.24. The summed E-state index contributed by atoms with van der Waals surface area (Å²) >= 11 is 3.14. The number of likely N-dealkylation sites (tertiary alicyclic amines) is 1. The molecule has 0 spiro atoms. The predicted octanol–water partition coefficient (Wildman–Crippen LogP) is 3.40. The van der Waals surface area contributed by atoms with Crippen molar-refractivity contribution in [1.29, 1.82) is 0 Å². The van der Waals surface area contributed by atoms with Gasteiger partial charge in [-0.15, -0.1) is 22.7 Å². The van der Waals surface area contributed by atoms with Crippen LogP contribution in [0.15, 0.2) is 17.5 Å². The minimum Gasteiger partial charge on any atom is -0.351 e. The summed E-state index contributed by atoms with van der Waals surface area (Å²) in [6, 6.07) is 4.05. The molecule has 1 amide bonds. The molecule has 1 saturated heterocycles. The number of aryl methyl sites for hydroxylation is 1. The van der Waals surface area contributed by atoms with E-state index in [2.05, 4.69) is 15.2 Å². The van der Waals surface area contributed by atoms with Gasteiger partial charge >= 0.3 is 0 Å². The molecule has 0 saturated carbocycles. The Balaban J connectivity index is 1.51. The lowest BCUT2D eigenvalue weighted by Crippen LogP contribution is -2.28. The fourth-order valence-electron chi connectivity index (χ4n) is 2.70. The van der Waals surface area contributed by atoms with Crippen LogP contribution < -0.4 is 5.32 Å². The molecule has 3 rings (SSSR count). The smallest absolute Gasteiger partial charge is 0.263 e. The van der Waals surface area contributed by atoms with Crippen LogP contribution in [0.2, 0.25) is 0 Å². The first-order valence-corrected chi connectivity index (χ1v) is 9.45. The van der Waals surface area contributed by atoms with Gasteiger partial charge in [0, 0.05) is 6.54 Å². The van der Waals surface area contributed by atoms with Crippen molar-refractivity contribution in [3.05, 3.63) is 28.1 Å². The Bertz CT molecular complexity index is 615. The van der Waals surface area contributed by atoms with Crippen molar-refractivity contribution < 1.29 is 4.79 Å². The fourth-order valence-corrected chi connectivity index (χ4v) is 4.48. The Morgan fingerprint density at radius 2 is 2.23 bits per heavy atom. The monoisotopic (exact) mass is 335 g/mol. The van der Waals surface area contributed by atoms with Crippen LogP contribution in [0.25, 0.3) is 9.88 Å². The molecular weight excluding hydrogens is 314 g/mol. The standard InChI is InChI=1S/C16H21N3OS2/c1-12-14(22-16(18-12)13-6-4-11-21-13)15(20)17-7-5-10-19-8-2-3-9-19/h4,6,11H,2-3,5,7-10H2,1H3,(H,17,20). The Labute approximate surface area is 139 Å². The van der Waals surface area contributed by atoms with Gasteiger partial charge in [-0.1, -0.05) is 6.07 Å². The second kappa shape index (κ2) is 7.35. The maximum atomic E-state index is 12.3. The van der Waals surface area contributed by atoms with Crippen LogP contribution in [-0.2, 0) is 0 Å². The Kier molecular flexibility index (Phi) is 5.23. The molecule has 0 aliphatic carbocycles. The van der Waals surface area contributed by atoms with Crippen LogP contribution >= 0.6 is 22.7 Å². The first kappa shape index (κ1) is 15.6. The lowest BCUT2D eigenvalue weighted by atomic mass is 10.3.